The van der Waals surface area contributed by atoms with Crippen molar-refractivity contribution in [1.82, 2.24) is 19.6 Å². The fourth-order valence-corrected chi connectivity index (χ4v) is 3.04. The van der Waals surface area contributed by atoms with Crippen molar-refractivity contribution < 1.29 is 4.79 Å². The van der Waals surface area contributed by atoms with E-state index in [1.54, 1.807) is 0 Å². The Morgan fingerprint density at radius 3 is 2.41 bits per heavy atom. The van der Waals surface area contributed by atoms with Crippen LogP contribution < -0.4 is 0 Å². The molecule has 1 aromatic heterocycles. The molecule has 1 amide bonds. The molecule has 2 heterocycles. The summed E-state index contributed by atoms with van der Waals surface area (Å²) in [4.78, 5) is 17.1. The van der Waals surface area contributed by atoms with Crippen LogP contribution in [0.1, 0.15) is 63.6 Å². The monoisotopic (exact) mass is 306 g/mol. The van der Waals surface area contributed by atoms with Gasteiger partial charge >= 0.3 is 0 Å². The number of amides is 1. The van der Waals surface area contributed by atoms with Crippen molar-refractivity contribution in [3.63, 3.8) is 0 Å². The summed E-state index contributed by atoms with van der Waals surface area (Å²) < 4.78 is 2.01. The third-order valence-corrected chi connectivity index (χ3v) is 4.27. The molecule has 1 aliphatic rings. The Hall–Kier alpha value is -1.36. The number of carbonyl (C=O) groups is 1. The van der Waals surface area contributed by atoms with Gasteiger partial charge < -0.3 is 9.80 Å². The molecule has 0 unspecified atom stereocenters. The van der Waals surface area contributed by atoms with Crippen LogP contribution in [0.3, 0.4) is 0 Å². The summed E-state index contributed by atoms with van der Waals surface area (Å²) in [5.41, 5.74) is 1.58. The molecule has 0 N–H and O–H groups in total. The predicted octanol–water partition coefficient (Wildman–Crippen LogP) is 2.54. The third-order valence-electron chi connectivity index (χ3n) is 4.27. The maximum Gasteiger partial charge on any atom is 0.274 e. The second-order valence-electron chi connectivity index (χ2n) is 7.80. The van der Waals surface area contributed by atoms with Crippen LogP contribution in [-0.2, 0) is 5.54 Å². The normalized spacial score (nSPS) is 20.7. The molecule has 22 heavy (non-hydrogen) atoms. The number of carbonyl (C=O) groups excluding carboxylic acids is 1. The minimum atomic E-state index is -0.119. The van der Waals surface area contributed by atoms with Crippen molar-refractivity contribution in [3.8, 4) is 0 Å². The standard InChI is InChI=1S/C17H30N4O/c1-12(2)15-10-14(18-21(15)17(4,5)6)16(22)20-9-8-19(7)11-13(20)3/h10,12-13H,8-9,11H2,1-7H3/t13-/m1/s1. The summed E-state index contributed by atoms with van der Waals surface area (Å²) in [5.74, 6) is 0.406. The number of hydrogen-bond donors (Lipinski definition) is 0. The molecule has 1 saturated heterocycles. The van der Waals surface area contributed by atoms with Crippen LogP contribution in [0, 0.1) is 0 Å². The summed E-state index contributed by atoms with van der Waals surface area (Å²) in [5, 5.41) is 4.64. The van der Waals surface area contributed by atoms with Gasteiger partial charge in [0.25, 0.3) is 5.91 Å². The minimum absolute atomic E-state index is 0.0606. The van der Waals surface area contributed by atoms with Crippen molar-refractivity contribution in [3.05, 3.63) is 17.5 Å². The lowest BCUT2D eigenvalue weighted by molar-refractivity contribution is 0.0526. The van der Waals surface area contributed by atoms with Gasteiger partial charge in [-0.3, -0.25) is 9.48 Å². The first-order chi connectivity index (χ1) is 10.1. The summed E-state index contributed by atoms with van der Waals surface area (Å²) in [6.07, 6.45) is 0. The summed E-state index contributed by atoms with van der Waals surface area (Å²) >= 11 is 0. The van der Waals surface area contributed by atoms with Gasteiger partial charge in [0.2, 0.25) is 0 Å². The molecule has 2 rings (SSSR count). The number of hydrogen-bond acceptors (Lipinski definition) is 3. The van der Waals surface area contributed by atoms with Gasteiger partial charge in [-0.1, -0.05) is 13.8 Å². The maximum atomic E-state index is 12.9. The Bertz CT molecular complexity index is 541. The molecule has 0 saturated carbocycles. The molecule has 1 aliphatic heterocycles. The number of aromatic nitrogens is 2. The van der Waals surface area contributed by atoms with Crippen molar-refractivity contribution in [2.75, 3.05) is 26.7 Å². The van der Waals surface area contributed by atoms with Gasteiger partial charge in [-0.25, -0.2) is 0 Å². The number of piperazine rings is 1. The van der Waals surface area contributed by atoms with E-state index in [0.717, 1.165) is 25.3 Å². The largest absolute Gasteiger partial charge is 0.332 e. The second kappa shape index (κ2) is 6.03. The van der Waals surface area contributed by atoms with E-state index in [2.05, 4.69) is 58.6 Å². The van der Waals surface area contributed by atoms with Gasteiger partial charge in [0.1, 0.15) is 0 Å². The zero-order chi connectivity index (χ0) is 16.7. The lowest BCUT2D eigenvalue weighted by Crippen LogP contribution is -2.52. The van der Waals surface area contributed by atoms with Crippen LogP contribution in [0.4, 0.5) is 0 Å². The molecule has 0 bridgehead atoms. The smallest absolute Gasteiger partial charge is 0.274 e. The molecule has 0 aromatic carbocycles. The van der Waals surface area contributed by atoms with Crippen LogP contribution in [0.15, 0.2) is 6.07 Å². The molecule has 1 fully saturated rings. The molecule has 0 spiro atoms. The van der Waals surface area contributed by atoms with Gasteiger partial charge in [0, 0.05) is 31.4 Å². The maximum absolute atomic E-state index is 12.9. The summed E-state index contributed by atoms with van der Waals surface area (Å²) in [6.45, 7) is 15.4. The highest BCUT2D eigenvalue weighted by atomic mass is 16.2. The van der Waals surface area contributed by atoms with E-state index in [9.17, 15) is 4.79 Å². The zero-order valence-corrected chi connectivity index (χ0v) is 15.1. The Morgan fingerprint density at radius 1 is 1.32 bits per heavy atom. The first-order valence-electron chi connectivity index (χ1n) is 8.21. The van der Waals surface area contributed by atoms with Gasteiger partial charge in [0.05, 0.1) is 5.54 Å². The summed E-state index contributed by atoms with van der Waals surface area (Å²) in [6, 6.07) is 2.21. The topological polar surface area (TPSA) is 41.4 Å². The van der Waals surface area contributed by atoms with Crippen molar-refractivity contribution >= 4 is 5.91 Å². The van der Waals surface area contributed by atoms with E-state index in [1.807, 2.05) is 15.6 Å². The van der Waals surface area contributed by atoms with Crippen molar-refractivity contribution in [2.24, 2.45) is 0 Å². The van der Waals surface area contributed by atoms with Gasteiger partial charge in [-0.2, -0.15) is 5.10 Å². The number of rotatable bonds is 2. The molecule has 1 atom stereocenters. The molecule has 124 valence electrons. The lowest BCUT2D eigenvalue weighted by Gasteiger charge is -2.37. The Labute approximate surface area is 134 Å². The quantitative estimate of drug-likeness (QED) is 0.843. The molecule has 5 heteroatoms. The van der Waals surface area contributed by atoms with Crippen LogP contribution in [0.5, 0.6) is 0 Å². The first-order valence-corrected chi connectivity index (χ1v) is 8.21. The van der Waals surface area contributed by atoms with Crippen LogP contribution in [0.25, 0.3) is 0 Å². The second-order valence-corrected chi connectivity index (χ2v) is 7.80. The average molecular weight is 306 g/mol. The fourth-order valence-electron chi connectivity index (χ4n) is 3.04. The number of likely N-dealkylation sites (N-methyl/N-ethyl adjacent to an activating group) is 1. The molecule has 5 nitrogen and oxygen atoms in total. The SMILES string of the molecule is CC(C)c1cc(C(=O)N2CCN(C)C[C@H]2C)nn1C(C)(C)C. The van der Waals surface area contributed by atoms with Crippen LogP contribution in [-0.4, -0.2) is 58.2 Å². The van der Waals surface area contributed by atoms with Gasteiger partial charge in [-0.05, 0) is 46.7 Å². The molecule has 0 radical (unpaired) electrons. The van der Waals surface area contributed by atoms with E-state index in [-0.39, 0.29) is 17.5 Å². The van der Waals surface area contributed by atoms with Gasteiger partial charge in [-0.15, -0.1) is 0 Å². The van der Waals surface area contributed by atoms with E-state index in [0.29, 0.717) is 11.6 Å². The van der Waals surface area contributed by atoms with Crippen molar-refractivity contribution in [2.45, 2.75) is 59.0 Å². The molecular formula is C17H30N4O. The van der Waals surface area contributed by atoms with Crippen LogP contribution in [0.2, 0.25) is 0 Å². The first kappa shape index (κ1) is 17.0. The molecular weight excluding hydrogens is 276 g/mol. The van der Waals surface area contributed by atoms with E-state index in [4.69, 9.17) is 0 Å². The molecule has 1 aromatic rings. The Morgan fingerprint density at radius 2 is 1.95 bits per heavy atom. The molecule has 0 aliphatic carbocycles. The Kier molecular flexibility index (Phi) is 4.66. The predicted molar refractivity (Wildman–Crippen MR) is 89.3 cm³/mol. The van der Waals surface area contributed by atoms with Crippen molar-refractivity contribution in [1.29, 1.82) is 0 Å². The van der Waals surface area contributed by atoms with E-state index in [1.165, 1.54) is 0 Å². The lowest BCUT2D eigenvalue weighted by atomic mass is 10.1. The Balaban J connectivity index is 2.31. The van der Waals surface area contributed by atoms with Gasteiger partial charge in [0.15, 0.2) is 5.69 Å². The average Bonchev–Trinajstić information content (AvgIpc) is 2.83. The fraction of sp³-hybridized carbons (Fsp3) is 0.765. The third kappa shape index (κ3) is 3.35. The van der Waals surface area contributed by atoms with E-state index < -0.39 is 0 Å². The van der Waals surface area contributed by atoms with Crippen LogP contribution >= 0.6 is 0 Å². The summed E-state index contributed by atoms with van der Waals surface area (Å²) in [7, 11) is 2.10. The van der Waals surface area contributed by atoms with E-state index >= 15 is 0 Å². The highest BCUT2D eigenvalue weighted by molar-refractivity contribution is 5.92. The highest BCUT2D eigenvalue weighted by Crippen LogP contribution is 2.24. The highest BCUT2D eigenvalue weighted by Gasteiger charge is 2.30. The number of nitrogens with zero attached hydrogens (tertiary/aromatic N) is 4. The minimum Gasteiger partial charge on any atom is -0.332 e. The zero-order valence-electron chi connectivity index (χ0n) is 15.1.